The summed E-state index contributed by atoms with van der Waals surface area (Å²) < 4.78 is 33.8. The van der Waals surface area contributed by atoms with Crippen molar-refractivity contribution in [2.45, 2.75) is 31.6 Å². The van der Waals surface area contributed by atoms with E-state index in [9.17, 15) is 13.2 Å². The van der Waals surface area contributed by atoms with Crippen LogP contribution in [0.1, 0.15) is 37.0 Å². The van der Waals surface area contributed by atoms with Crippen molar-refractivity contribution in [3.8, 4) is 5.75 Å². The molecule has 0 saturated carbocycles. The SMILES string of the molecule is CCCCN(CC)S(=O)(=O)c1ccc(C(=O)N(CCN(C)C)c2nc3cc(OC)ccc3s2)cc1. The first-order valence-corrected chi connectivity index (χ1v) is 14.0. The van der Waals surface area contributed by atoms with Crippen LogP contribution in [0.15, 0.2) is 47.4 Å². The van der Waals surface area contributed by atoms with Gasteiger partial charge in [0.1, 0.15) is 5.75 Å². The molecule has 0 N–H and O–H groups in total. The minimum Gasteiger partial charge on any atom is -0.497 e. The fourth-order valence-corrected chi connectivity index (χ4v) is 6.04. The van der Waals surface area contributed by atoms with Crippen LogP contribution in [0.5, 0.6) is 5.75 Å². The highest BCUT2D eigenvalue weighted by Crippen LogP contribution is 2.32. The van der Waals surface area contributed by atoms with Crippen molar-refractivity contribution in [1.29, 1.82) is 0 Å². The van der Waals surface area contributed by atoms with Crippen LogP contribution < -0.4 is 9.64 Å². The second-order valence-corrected chi connectivity index (χ2v) is 11.4. The summed E-state index contributed by atoms with van der Waals surface area (Å²) in [7, 11) is 1.90. The van der Waals surface area contributed by atoms with Gasteiger partial charge in [-0.1, -0.05) is 31.6 Å². The minimum absolute atomic E-state index is 0.193. The Kier molecular flexibility index (Phi) is 9.23. The number of benzene rings is 2. The summed E-state index contributed by atoms with van der Waals surface area (Å²) in [5.74, 6) is 0.484. The van der Waals surface area contributed by atoms with Gasteiger partial charge in [-0.15, -0.1) is 0 Å². The summed E-state index contributed by atoms with van der Waals surface area (Å²) >= 11 is 1.44. The lowest BCUT2D eigenvalue weighted by molar-refractivity contribution is 0.0985. The lowest BCUT2D eigenvalue weighted by Gasteiger charge is -2.23. The van der Waals surface area contributed by atoms with E-state index in [1.807, 2.05) is 51.0 Å². The highest BCUT2D eigenvalue weighted by molar-refractivity contribution is 7.89. The molecule has 3 rings (SSSR count). The fraction of sp³-hybridized carbons (Fsp3) is 0.440. The largest absolute Gasteiger partial charge is 0.497 e. The zero-order valence-corrected chi connectivity index (χ0v) is 22.7. The molecule has 190 valence electrons. The van der Waals surface area contributed by atoms with Gasteiger partial charge in [0.2, 0.25) is 10.0 Å². The second-order valence-electron chi connectivity index (χ2n) is 8.46. The number of rotatable bonds is 12. The van der Waals surface area contributed by atoms with Gasteiger partial charge in [0.15, 0.2) is 5.13 Å². The second kappa shape index (κ2) is 11.9. The van der Waals surface area contributed by atoms with Crippen molar-refractivity contribution in [2.24, 2.45) is 0 Å². The van der Waals surface area contributed by atoms with Gasteiger partial charge in [0.05, 0.1) is 22.2 Å². The van der Waals surface area contributed by atoms with E-state index in [0.717, 1.165) is 23.1 Å². The van der Waals surface area contributed by atoms with Gasteiger partial charge in [-0.05, 0) is 56.9 Å². The maximum absolute atomic E-state index is 13.5. The summed E-state index contributed by atoms with van der Waals surface area (Å²) in [5.41, 5.74) is 1.18. The highest BCUT2D eigenvalue weighted by atomic mass is 32.2. The van der Waals surface area contributed by atoms with E-state index in [1.54, 1.807) is 24.1 Å². The molecule has 10 heteroatoms. The molecule has 2 aromatic carbocycles. The smallest absolute Gasteiger partial charge is 0.260 e. The van der Waals surface area contributed by atoms with Gasteiger partial charge in [-0.3, -0.25) is 9.69 Å². The lowest BCUT2D eigenvalue weighted by atomic mass is 10.2. The number of ether oxygens (including phenoxy) is 1. The number of fused-ring (bicyclic) bond motifs is 1. The number of nitrogens with zero attached hydrogens (tertiary/aromatic N) is 4. The fourth-order valence-electron chi connectivity index (χ4n) is 3.58. The Morgan fingerprint density at radius 1 is 1.03 bits per heavy atom. The highest BCUT2D eigenvalue weighted by Gasteiger charge is 2.25. The zero-order chi connectivity index (χ0) is 25.6. The third-order valence-electron chi connectivity index (χ3n) is 5.68. The third kappa shape index (κ3) is 6.38. The average Bonchev–Trinajstić information content (AvgIpc) is 3.27. The third-order valence-corrected chi connectivity index (χ3v) is 8.73. The van der Waals surface area contributed by atoms with Crippen molar-refractivity contribution in [3.63, 3.8) is 0 Å². The van der Waals surface area contributed by atoms with E-state index in [1.165, 1.54) is 27.8 Å². The summed E-state index contributed by atoms with van der Waals surface area (Å²) in [5, 5.41) is 0.591. The molecule has 3 aromatic rings. The molecule has 8 nitrogen and oxygen atoms in total. The monoisotopic (exact) mass is 518 g/mol. The molecule has 0 atom stereocenters. The molecule has 1 aromatic heterocycles. The lowest BCUT2D eigenvalue weighted by Crippen LogP contribution is -2.36. The Hall–Kier alpha value is -2.53. The molecular weight excluding hydrogens is 484 g/mol. The number of likely N-dealkylation sites (N-methyl/N-ethyl adjacent to an activating group) is 1. The first-order chi connectivity index (χ1) is 16.7. The predicted molar refractivity (Wildman–Crippen MR) is 142 cm³/mol. The number of aromatic nitrogens is 1. The Morgan fingerprint density at radius 2 is 1.74 bits per heavy atom. The van der Waals surface area contributed by atoms with Crippen LogP contribution in [0, 0.1) is 0 Å². The van der Waals surface area contributed by atoms with E-state index in [4.69, 9.17) is 4.74 Å². The number of carbonyl (C=O) groups excluding carboxylic acids is 1. The molecule has 0 unspecified atom stereocenters. The van der Waals surface area contributed by atoms with Crippen LogP contribution in [-0.2, 0) is 10.0 Å². The average molecular weight is 519 g/mol. The standard InChI is InChI=1S/C25H34N4O4S2/c1-6-8-15-28(7-2)35(31,32)21-12-9-19(10-13-21)24(30)29(17-16-27(3)4)25-26-22-18-20(33-5)11-14-23(22)34-25/h9-14,18H,6-8,15-17H2,1-5H3. The van der Waals surface area contributed by atoms with Gasteiger partial charge in [0, 0.05) is 37.8 Å². The molecule has 1 heterocycles. The molecule has 0 saturated heterocycles. The number of sulfonamides is 1. The number of methoxy groups -OCH3 is 1. The van der Waals surface area contributed by atoms with Crippen LogP contribution >= 0.6 is 11.3 Å². The van der Waals surface area contributed by atoms with Gasteiger partial charge >= 0.3 is 0 Å². The van der Waals surface area contributed by atoms with E-state index in [0.29, 0.717) is 42.6 Å². The Bertz CT molecular complexity index is 1240. The quantitative estimate of drug-likeness (QED) is 0.355. The van der Waals surface area contributed by atoms with Crippen molar-refractivity contribution in [3.05, 3.63) is 48.0 Å². The van der Waals surface area contributed by atoms with Crippen molar-refractivity contribution < 1.29 is 17.9 Å². The topological polar surface area (TPSA) is 83.1 Å². The normalized spacial score (nSPS) is 12.0. The number of thiazole rings is 1. The molecule has 0 bridgehead atoms. The predicted octanol–water partition coefficient (Wildman–Crippen LogP) is 4.32. The Balaban J connectivity index is 1.90. The van der Waals surface area contributed by atoms with Crippen LogP contribution in [0.3, 0.4) is 0 Å². The van der Waals surface area contributed by atoms with Crippen molar-refractivity contribution >= 4 is 42.6 Å². The van der Waals surface area contributed by atoms with Gasteiger partial charge in [-0.25, -0.2) is 13.4 Å². The van der Waals surface area contributed by atoms with Crippen molar-refractivity contribution in [1.82, 2.24) is 14.2 Å². The van der Waals surface area contributed by atoms with Crippen LogP contribution in [0.4, 0.5) is 5.13 Å². The Morgan fingerprint density at radius 3 is 2.34 bits per heavy atom. The van der Waals surface area contributed by atoms with E-state index in [-0.39, 0.29) is 10.8 Å². The van der Waals surface area contributed by atoms with Crippen molar-refractivity contribution in [2.75, 3.05) is 52.3 Å². The number of anilines is 1. The maximum Gasteiger partial charge on any atom is 0.260 e. The molecular formula is C25H34N4O4S2. The van der Waals surface area contributed by atoms with Crippen LogP contribution in [0.25, 0.3) is 10.2 Å². The molecule has 0 fully saturated rings. The zero-order valence-electron chi connectivity index (χ0n) is 21.0. The first-order valence-electron chi connectivity index (χ1n) is 11.7. The number of unbranched alkanes of at least 4 members (excludes halogenated alkanes) is 1. The molecule has 1 amide bonds. The molecule has 0 aliphatic carbocycles. The molecule has 0 aliphatic heterocycles. The summed E-state index contributed by atoms with van der Waals surface area (Å²) in [6.45, 7) is 5.86. The summed E-state index contributed by atoms with van der Waals surface area (Å²) in [4.78, 5) is 22.1. The Labute approximate surface area is 212 Å². The first kappa shape index (κ1) is 27.1. The molecule has 0 aliphatic rings. The summed E-state index contributed by atoms with van der Waals surface area (Å²) in [6, 6.07) is 11.9. The van der Waals surface area contributed by atoms with E-state index < -0.39 is 10.0 Å². The molecule has 0 radical (unpaired) electrons. The number of hydrogen-bond donors (Lipinski definition) is 0. The number of carbonyl (C=O) groups is 1. The van der Waals surface area contributed by atoms with E-state index >= 15 is 0 Å². The number of hydrogen-bond acceptors (Lipinski definition) is 7. The van der Waals surface area contributed by atoms with Gasteiger partial charge in [-0.2, -0.15) is 4.31 Å². The van der Waals surface area contributed by atoms with Gasteiger partial charge < -0.3 is 9.64 Å². The maximum atomic E-state index is 13.5. The molecule has 35 heavy (non-hydrogen) atoms. The van der Waals surface area contributed by atoms with Crippen LogP contribution in [0.2, 0.25) is 0 Å². The van der Waals surface area contributed by atoms with Crippen LogP contribution in [-0.4, -0.2) is 75.9 Å². The number of amides is 1. The summed E-state index contributed by atoms with van der Waals surface area (Å²) in [6.07, 6.45) is 1.72. The van der Waals surface area contributed by atoms with E-state index in [2.05, 4.69) is 4.98 Å². The van der Waals surface area contributed by atoms with Gasteiger partial charge in [0.25, 0.3) is 5.91 Å². The minimum atomic E-state index is -3.60. The molecule has 0 spiro atoms.